The zero-order valence-electron chi connectivity index (χ0n) is 17.1. The van der Waals surface area contributed by atoms with Gasteiger partial charge in [0.05, 0.1) is 18.5 Å². The van der Waals surface area contributed by atoms with Crippen molar-refractivity contribution >= 4 is 34.4 Å². The molecule has 2 heterocycles. The van der Waals surface area contributed by atoms with Gasteiger partial charge in [-0.2, -0.15) is 0 Å². The van der Waals surface area contributed by atoms with Crippen LogP contribution < -0.4 is 20.4 Å². The molecule has 2 aromatic rings. The van der Waals surface area contributed by atoms with Gasteiger partial charge in [0.25, 0.3) is 0 Å². The Kier molecular flexibility index (Phi) is 8.27. The standard InChI is InChI=1S/C22H32N4S2/c1-3-4-6-18-8-10-19(11-9-18)24-22(27)23-17-20(21-7-5-16-28-21)26-14-12-25(2)13-15-26/h5,7-11,16,20H,3-4,6,12-15,17H2,1-2H3,(H2,23,24,27)/p+2/t20-/m0/s1. The molecule has 0 amide bonds. The van der Waals surface area contributed by atoms with Crippen LogP contribution in [0.5, 0.6) is 0 Å². The molecule has 1 atom stereocenters. The zero-order valence-corrected chi connectivity index (χ0v) is 18.7. The minimum atomic E-state index is 0.462. The van der Waals surface area contributed by atoms with Crippen LogP contribution in [0.4, 0.5) is 5.69 Å². The van der Waals surface area contributed by atoms with Gasteiger partial charge in [-0.15, -0.1) is 11.3 Å². The molecule has 6 heteroatoms. The number of nitrogens with one attached hydrogen (secondary N) is 4. The Bertz CT molecular complexity index is 707. The molecule has 4 nitrogen and oxygen atoms in total. The van der Waals surface area contributed by atoms with Gasteiger partial charge in [-0.25, -0.2) is 0 Å². The number of thiocarbonyl (C=S) groups is 1. The zero-order chi connectivity index (χ0) is 19.8. The second kappa shape index (κ2) is 10.9. The first-order valence-corrected chi connectivity index (χ1v) is 11.8. The maximum atomic E-state index is 5.57. The number of rotatable bonds is 8. The summed E-state index contributed by atoms with van der Waals surface area (Å²) in [7, 11) is 2.29. The summed E-state index contributed by atoms with van der Waals surface area (Å²) in [4.78, 5) is 4.76. The van der Waals surface area contributed by atoms with Crippen molar-refractivity contribution in [2.75, 3.05) is 45.1 Å². The number of anilines is 1. The lowest BCUT2D eigenvalue weighted by Crippen LogP contribution is -3.27. The number of hydrogen-bond donors (Lipinski definition) is 4. The predicted molar refractivity (Wildman–Crippen MR) is 124 cm³/mol. The molecule has 1 aliphatic heterocycles. The van der Waals surface area contributed by atoms with Crippen molar-refractivity contribution in [1.82, 2.24) is 5.32 Å². The van der Waals surface area contributed by atoms with Crippen LogP contribution in [0, 0.1) is 0 Å². The van der Waals surface area contributed by atoms with E-state index in [9.17, 15) is 0 Å². The molecular weight excluding hydrogens is 384 g/mol. The van der Waals surface area contributed by atoms with Gasteiger partial charge in [0.15, 0.2) is 5.11 Å². The van der Waals surface area contributed by atoms with E-state index >= 15 is 0 Å². The minimum Gasteiger partial charge on any atom is -0.356 e. The third-order valence-electron chi connectivity index (χ3n) is 5.62. The number of hydrogen-bond acceptors (Lipinski definition) is 2. The number of unbranched alkanes of at least 4 members (excludes halogenated alkanes) is 1. The number of benzene rings is 1. The smallest absolute Gasteiger partial charge is 0.171 e. The van der Waals surface area contributed by atoms with E-state index in [4.69, 9.17) is 12.2 Å². The molecule has 1 fully saturated rings. The predicted octanol–water partition coefficient (Wildman–Crippen LogP) is 1.53. The first-order chi connectivity index (χ1) is 13.7. The maximum Gasteiger partial charge on any atom is 0.171 e. The van der Waals surface area contributed by atoms with E-state index in [-0.39, 0.29) is 0 Å². The summed E-state index contributed by atoms with van der Waals surface area (Å²) in [6.07, 6.45) is 3.63. The summed E-state index contributed by atoms with van der Waals surface area (Å²) in [5.41, 5.74) is 2.45. The van der Waals surface area contributed by atoms with Crippen molar-refractivity contribution in [2.24, 2.45) is 0 Å². The van der Waals surface area contributed by atoms with E-state index in [1.54, 1.807) is 9.80 Å². The molecule has 28 heavy (non-hydrogen) atoms. The van der Waals surface area contributed by atoms with Crippen LogP contribution in [0.3, 0.4) is 0 Å². The number of piperazine rings is 1. The molecule has 1 aliphatic rings. The molecule has 0 radical (unpaired) electrons. The van der Waals surface area contributed by atoms with E-state index in [2.05, 4.69) is 66.4 Å². The SMILES string of the molecule is CCCCc1ccc(NC(=S)NC[C@@H](c2cccs2)[NH+]2CC[NH+](C)CC2)cc1. The second-order valence-corrected chi connectivity index (χ2v) is 9.21. The van der Waals surface area contributed by atoms with Gasteiger partial charge < -0.3 is 20.4 Å². The molecular formula is C22H34N4S2+2. The van der Waals surface area contributed by atoms with Crippen molar-refractivity contribution < 1.29 is 9.80 Å². The quantitative estimate of drug-likeness (QED) is 0.491. The van der Waals surface area contributed by atoms with Gasteiger partial charge >= 0.3 is 0 Å². The van der Waals surface area contributed by atoms with E-state index < -0.39 is 0 Å². The van der Waals surface area contributed by atoms with Crippen molar-refractivity contribution in [3.8, 4) is 0 Å². The molecule has 1 saturated heterocycles. The van der Waals surface area contributed by atoms with Crippen molar-refractivity contribution in [1.29, 1.82) is 0 Å². The minimum absolute atomic E-state index is 0.462. The molecule has 1 aromatic heterocycles. The van der Waals surface area contributed by atoms with Crippen LogP contribution in [0.15, 0.2) is 41.8 Å². The number of thiophene rings is 1. The number of quaternary nitrogens is 2. The summed E-state index contributed by atoms with van der Waals surface area (Å²) >= 11 is 7.43. The first kappa shape index (κ1) is 21.2. The summed E-state index contributed by atoms with van der Waals surface area (Å²) in [5, 5.41) is 9.71. The van der Waals surface area contributed by atoms with Crippen molar-refractivity contribution in [3.05, 3.63) is 52.2 Å². The summed E-state index contributed by atoms with van der Waals surface area (Å²) in [5.74, 6) is 0. The van der Waals surface area contributed by atoms with E-state index in [1.165, 1.54) is 49.5 Å². The van der Waals surface area contributed by atoms with Crippen LogP contribution in [-0.4, -0.2) is 44.9 Å². The molecule has 152 valence electrons. The molecule has 1 aromatic carbocycles. The highest BCUT2D eigenvalue weighted by Crippen LogP contribution is 2.16. The summed E-state index contributed by atoms with van der Waals surface area (Å²) in [6.45, 7) is 8.02. The van der Waals surface area contributed by atoms with Crippen LogP contribution in [0.1, 0.15) is 36.2 Å². The third-order valence-corrected chi connectivity index (χ3v) is 6.86. The lowest BCUT2D eigenvalue weighted by atomic mass is 10.1. The van der Waals surface area contributed by atoms with Crippen LogP contribution in [-0.2, 0) is 6.42 Å². The Hall–Kier alpha value is -1.47. The topological polar surface area (TPSA) is 32.9 Å². The molecule has 0 unspecified atom stereocenters. The number of likely N-dealkylation sites (N-methyl/N-ethyl adjacent to an activating group) is 1. The molecule has 3 rings (SSSR count). The molecule has 0 aliphatic carbocycles. The van der Waals surface area contributed by atoms with Crippen LogP contribution in [0.2, 0.25) is 0 Å². The molecule has 4 N–H and O–H groups in total. The summed E-state index contributed by atoms with van der Waals surface area (Å²) < 4.78 is 0. The Morgan fingerprint density at radius 1 is 1.14 bits per heavy atom. The Labute approximate surface area is 178 Å². The Morgan fingerprint density at radius 2 is 1.89 bits per heavy atom. The first-order valence-electron chi connectivity index (χ1n) is 10.5. The fraction of sp³-hybridized carbons (Fsp3) is 0.500. The third kappa shape index (κ3) is 6.27. The van der Waals surface area contributed by atoms with E-state index in [0.717, 1.165) is 18.7 Å². The average Bonchev–Trinajstić information content (AvgIpc) is 3.23. The normalized spacial score (nSPS) is 20.5. The largest absolute Gasteiger partial charge is 0.356 e. The van der Waals surface area contributed by atoms with Gasteiger partial charge in [0.1, 0.15) is 32.2 Å². The van der Waals surface area contributed by atoms with Gasteiger partial charge in [0.2, 0.25) is 0 Å². The van der Waals surface area contributed by atoms with Gasteiger partial charge in [0, 0.05) is 5.69 Å². The number of aryl methyl sites for hydroxylation is 1. The monoisotopic (exact) mass is 418 g/mol. The van der Waals surface area contributed by atoms with Crippen molar-refractivity contribution in [3.63, 3.8) is 0 Å². The Balaban J connectivity index is 1.53. The fourth-order valence-corrected chi connectivity index (χ4v) is 4.87. The lowest BCUT2D eigenvalue weighted by molar-refractivity contribution is -1.02. The summed E-state index contributed by atoms with van der Waals surface area (Å²) in [6, 6.07) is 13.5. The fourth-order valence-electron chi connectivity index (χ4n) is 3.79. The van der Waals surface area contributed by atoms with Gasteiger partial charge in [-0.05, 0) is 54.2 Å². The average molecular weight is 419 g/mol. The second-order valence-electron chi connectivity index (χ2n) is 7.82. The molecule has 0 spiro atoms. The molecule has 0 saturated carbocycles. The van der Waals surface area contributed by atoms with E-state index in [0.29, 0.717) is 11.2 Å². The van der Waals surface area contributed by atoms with Crippen LogP contribution in [0.25, 0.3) is 0 Å². The highest BCUT2D eigenvalue weighted by atomic mass is 32.1. The lowest BCUT2D eigenvalue weighted by Gasteiger charge is -2.33. The van der Waals surface area contributed by atoms with Crippen molar-refractivity contribution in [2.45, 2.75) is 32.2 Å². The highest BCUT2D eigenvalue weighted by Gasteiger charge is 2.29. The van der Waals surface area contributed by atoms with Gasteiger partial charge in [-0.3, -0.25) is 0 Å². The maximum absolute atomic E-state index is 5.57. The Morgan fingerprint density at radius 3 is 2.54 bits per heavy atom. The van der Waals surface area contributed by atoms with Gasteiger partial charge in [-0.1, -0.05) is 31.5 Å². The van der Waals surface area contributed by atoms with E-state index in [1.807, 2.05) is 11.3 Å². The highest BCUT2D eigenvalue weighted by molar-refractivity contribution is 7.80. The molecule has 0 bridgehead atoms. The van der Waals surface area contributed by atoms with Crippen LogP contribution >= 0.6 is 23.6 Å².